The van der Waals surface area contributed by atoms with Crippen LogP contribution in [0.15, 0.2) is 203 Å². The van der Waals surface area contributed by atoms with E-state index < -0.39 is 0 Å². The third-order valence-corrected chi connectivity index (χ3v) is 17.2. The molecule has 10 aromatic carbocycles. The van der Waals surface area contributed by atoms with Crippen LogP contribution >= 0.6 is 0 Å². The monoisotopic (exact) mass is 939 g/mol. The van der Waals surface area contributed by atoms with Crippen LogP contribution in [0.3, 0.4) is 0 Å². The fraction of sp³-hybridized carbons (Fsp3) is 0.143. The predicted octanol–water partition coefficient (Wildman–Crippen LogP) is 19.5. The first-order chi connectivity index (χ1) is 35.4. The number of anilines is 3. The molecule has 3 aliphatic carbocycles. The SMILES string of the molecule is Cc1cccc(-c2cc3c(c4c2oc2ccccc24)-c2ccc(N(c4ccc5c(c4)C(C)(C)c4c6c(c7c(oc8ccccc87)c4-5)-c4ccccc4C6(C)C)c4ccccc4-c4ccccc4)cc2C3(C)C)c1. The average Bonchev–Trinajstić information content (AvgIpc) is 4.16. The first-order valence-electron chi connectivity index (χ1n) is 25.8. The quantitative estimate of drug-likeness (QED) is 0.172. The van der Waals surface area contributed by atoms with Crippen LogP contribution in [0.1, 0.15) is 80.5 Å². The number of hydrogen-bond donors (Lipinski definition) is 0. The second-order valence-electron chi connectivity index (χ2n) is 22.4. The number of rotatable bonds is 5. The molecule has 0 fully saturated rings. The van der Waals surface area contributed by atoms with Crippen molar-refractivity contribution in [2.24, 2.45) is 0 Å². The third kappa shape index (κ3) is 5.60. The third-order valence-electron chi connectivity index (χ3n) is 17.2. The van der Waals surface area contributed by atoms with E-state index >= 15 is 0 Å². The molecular formula is C70H53NO2. The lowest BCUT2D eigenvalue weighted by molar-refractivity contribution is 0.600. The fourth-order valence-electron chi connectivity index (χ4n) is 13.9. The molecule has 0 spiro atoms. The van der Waals surface area contributed by atoms with Crippen molar-refractivity contribution >= 4 is 60.9 Å². The molecule has 0 atom stereocenters. The minimum atomic E-state index is -0.364. The zero-order valence-electron chi connectivity index (χ0n) is 42.2. The Morgan fingerprint density at radius 3 is 1.60 bits per heavy atom. The van der Waals surface area contributed by atoms with Gasteiger partial charge in [0.15, 0.2) is 0 Å². The fourth-order valence-corrected chi connectivity index (χ4v) is 13.9. The van der Waals surface area contributed by atoms with Crippen LogP contribution in [0.4, 0.5) is 17.1 Å². The molecule has 0 amide bonds. The maximum atomic E-state index is 7.09. The summed E-state index contributed by atoms with van der Waals surface area (Å²) in [5.74, 6) is 0. The van der Waals surface area contributed by atoms with Crippen LogP contribution < -0.4 is 4.90 Å². The second-order valence-corrected chi connectivity index (χ2v) is 22.4. The van der Waals surface area contributed by atoms with Crippen molar-refractivity contribution in [1.29, 1.82) is 0 Å². The van der Waals surface area contributed by atoms with Gasteiger partial charge in [0.05, 0.1) is 5.69 Å². The van der Waals surface area contributed by atoms with Crippen LogP contribution in [0, 0.1) is 6.92 Å². The standard InChI is InChI=1S/C70H53NO2/c1-40-20-19-23-42(36-40)51-39-55-59(61-49-26-13-17-30-57(49)72-66(51)61)47-34-32-43(37-53(47)68(55,2)3)71(56-29-16-12-24-45(56)41-21-9-8-10-22-41)44-33-35-48-54(38-44)70(6,7)65-63(48)67-62(50-27-14-18-31-58(50)73-67)60-46-25-11-15-28-52(46)69(4,5)64(60)65/h8-39H,1-7H3. The Bertz CT molecular complexity index is 4370. The molecule has 0 N–H and O–H groups in total. The minimum Gasteiger partial charge on any atom is -0.455 e. The van der Waals surface area contributed by atoms with Crippen LogP contribution in [0.2, 0.25) is 0 Å². The van der Waals surface area contributed by atoms with E-state index in [1.165, 1.54) is 105 Å². The topological polar surface area (TPSA) is 29.5 Å². The Labute approximate surface area is 426 Å². The van der Waals surface area contributed by atoms with Gasteiger partial charge in [0.25, 0.3) is 0 Å². The zero-order chi connectivity index (χ0) is 49.3. The molecule has 73 heavy (non-hydrogen) atoms. The largest absolute Gasteiger partial charge is 0.455 e. The van der Waals surface area contributed by atoms with Gasteiger partial charge in [0.1, 0.15) is 22.3 Å². The molecule has 3 nitrogen and oxygen atoms in total. The van der Waals surface area contributed by atoms with E-state index in [1.54, 1.807) is 0 Å². The molecule has 0 aliphatic heterocycles. The molecule has 0 saturated heterocycles. The van der Waals surface area contributed by atoms with E-state index in [-0.39, 0.29) is 16.2 Å². The van der Waals surface area contributed by atoms with Crippen molar-refractivity contribution in [2.45, 2.75) is 64.7 Å². The van der Waals surface area contributed by atoms with E-state index in [1.807, 2.05) is 0 Å². The van der Waals surface area contributed by atoms with Gasteiger partial charge in [-0.2, -0.15) is 0 Å². The molecule has 0 bridgehead atoms. The van der Waals surface area contributed by atoms with Gasteiger partial charge in [-0.15, -0.1) is 0 Å². The van der Waals surface area contributed by atoms with Crippen molar-refractivity contribution in [3.63, 3.8) is 0 Å². The number of furan rings is 2. The highest BCUT2D eigenvalue weighted by molar-refractivity contribution is 6.21. The highest BCUT2D eigenvalue weighted by Crippen LogP contribution is 2.64. The van der Waals surface area contributed by atoms with Gasteiger partial charge in [0.2, 0.25) is 0 Å². The highest BCUT2D eigenvalue weighted by Gasteiger charge is 2.49. The summed E-state index contributed by atoms with van der Waals surface area (Å²) in [5, 5.41) is 4.73. The van der Waals surface area contributed by atoms with Gasteiger partial charge in [-0.25, -0.2) is 0 Å². The van der Waals surface area contributed by atoms with E-state index in [2.05, 4.69) is 247 Å². The molecule has 0 radical (unpaired) electrons. The Morgan fingerprint density at radius 1 is 0.356 bits per heavy atom. The van der Waals surface area contributed by atoms with Crippen molar-refractivity contribution in [1.82, 2.24) is 0 Å². The molecule has 15 rings (SSSR count). The van der Waals surface area contributed by atoms with E-state index in [4.69, 9.17) is 8.83 Å². The molecule has 0 unspecified atom stereocenters. The van der Waals surface area contributed by atoms with Gasteiger partial charge in [-0.1, -0.05) is 193 Å². The van der Waals surface area contributed by atoms with E-state index in [9.17, 15) is 0 Å². The van der Waals surface area contributed by atoms with Gasteiger partial charge < -0.3 is 13.7 Å². The molecule has 0 saturated carbocycles. The van der Waals surface area contributed by atoms with Crippen LogP contribution in [-0.2, 0) is 16.2 Å². The van der Waals surface area contributed by atoms with Crippen LogP contribution in [-0.4, -0.2) is 0 Å². The first-order valence-corrected chi connectivity index (χ1v) is 25.8. The second kappa shape index (κ2) is 14.6. The number of hydrogen-bond acceptors (Lipinski definition) is 3. The zero-order valence-corrected chi connectivity index (χ0v) is 42.2. The van der Waals surface area contributed by atoms with E-state index in [0.29, 0.717) is 0 Å². The lowest BCUT2D eigenvalue weighted by Crippen LogP contribution is -2.24. The number of nitrogens with zero attached hydrogens (tertiary/aromatic N) is 1. The summed E-state index contributed by atoms with van der Waals surface area (Å²) in [4.78, 5) is 2.52. The van der Waals surface area contributed by atoms with Crippen molar-refractivity contribution in [2.75, 3.05) is 4.90 Å². The Morgan fingerprint density at radius 2 is 0.890 bits per heavy atom. The molecule has 3 aliphatic rings. The smallest absolute Gasteiger partial charge is 0.144 e. The van der Waals surface area contributed by atoms with E-state index in [0.717, 1.165) is 50.3 Å². The number of fused-ring (bicyclic) bond motifs is 19. The molecule has 2 aromatic heterocycles. The van der Waals surface area contributed by atoms with Crippen molar-refractivity contribution in [3.8, 4) is 55.6 Å². The summed E-state index contributed by atoms with van der Waals surface area (Å²) in [6.07, 6.45) is 0. The normalized spacial score (nSPS) is 15.1. The van der Waals surface area contributed by atoms with Crippen LogP contribution in [0.25, 0.3) is 99.5 Å². The first kappa shape index (κ1) is 42.3. The highest BCUT2D eigenvalue weighted by atomic mass is 16.3. The van der Waals surface area contributed by atoms with Crippen molar-refractivity contribution in [3.05, 3.63) is 233 Å². The minimum absolute atomic E-state index is 0.227. The summed E-state index contributed by atoms with van der Waals surface area (Å²) < 4.78 is 14.0. The Hall–Kier alpha value is -8.40. The van der Waals surface area contributed by atoms with Gasteiger partial charge in [-0.05, 0) is 128 Å². The summed E-state index contributed by atoms with van der Waals surface area (Å²) in [6, 6.07) is 71.7. The summed E-state index contributed by atoms with van der Waals surface area (Å²) >= 11 is 0. The average molecular weight is 940 g/mol. The molecular weight excluding hydrogens is 887 g/mol. The lowest BCUT2D eigenvalue weighted by Gasteiger charge is -2.32. The number of para-hydroxylation sites is 3. The molecule has 350 valence electrons. The van der Waals surface area contributed by atoms with Gasteiger partial charge in [-0.3, -0.25) is 0 Å². The molecule has 2 heterocycles. The van der Waals surface area contributed by atoms with Gasteiger partial charge >= 0.3 is 0 Å². The lowest BCUT2D eigenvalue weighted by atomic mass is 9.72. The molecule has 3 heteroatoms. The Kier molecular flexibility index (Phi) is 8.47. The number of aryl methyl sites for hydroxylation is 1. The maximum absolute atomic E-state index is 7.09. The number of benzene rings is 10. The van der Waals surface area contributed by atoms with Crippen LogP contribution in [0.5, 0.6) is 0 Å². The Balaban J connectivity index is 0.972. The predicted molar refractivity (Wildman–Crippen MR) is 304 cm³/mol. The van der Waals surface area contributed by atoms with Gasteiger partial charge in [0, 0.05) is 65.9 Å². The summed E-state index contributed by atoms with van der Waals surface area (Å²) in [6.45, 7) is 16.7. The molecule has 12 aromatic rings. The summed E-state index contributed by atoms with van der Waals surface area (Å²) in [5.41, 5.74) is 27.8. The maximum Gasteiger partial charge on any atom is 0.144 e. The van der Waals surface area contributed by atoms with Crippen molar-refractivity contribution < 1.29 is 8.83 Å². The summed E-state index contributed by atoms with van der Waals surface area (Å²) in [7, 11) is 0.